The molecule has 2 amide bonds. The number of carbonyl (C=O) groups excluding carboxylic acids is 2. The van der Waals surface area contributed by atoms with Gasteiger partial charge in [-0.3, -0.25) is 19.0 Å². The van der Waals surface area contributed by atoms with Gasteiger partial charge in [0.1, 0.15) is 5.54 Å². The summed E-state index contributed by atoms with van der Waals surface area (Å²) in [6.45, 7) is 3.88. The molecule has 1 heterocycles. The summed E-state index contributed by atoms with van der Waals surface area (Å²) < 4.78 is 22.9. The molecule has 2 aromatic carbocycles. The molecule has 0 aromatic heterocycles. The van der Waals surface area contributed by atoms with E-state index in [2.05, 4.69) is 70.8 Å². The standard InChI is InChI=1S/C27H34N4O4S/c1-3-27(13-14-27)29-25(32)17-28-26(33)19-31(36(34)35)18-21-11-15-30(16-12-21)20(2)23-10-6-8-22-7-4-5-9-24(22)23/h1,4-10,20-21H,11-19H2,2H3,(H,28,33)(H,29,32)(H,34,35). The molecule has 2 atom stereocenters. The van der Waals surface area contributed by atoms with Crippen LogP contribution in [0.1, 0.15) is 44.2 Å². The second kappa shape index (κ2) is 11.5. The number of fused-ring (bicyclic) bond motifs is 1. The number of terminal acetylenes is 1. The fraction of sp³-hybridized carbons (Fsp3) is 0.481. The maximum Gasteiger partial charge on any atom is 0.240 e. The molecule has 3 N–H and O–H groups in total. The van der Waals surface area contributed by atoms with Crippen LogP contribution in [0.2, 0.25) is 0 Å². The summed E-state index contributed by atoms with van der Waals surface area (Å²) in [5.41, 5.74) is 0.737. The maximum absolute atomic E-state index is 12.3. The molecule has 2 aromatic rings. The van der Waals surface area contributed by atoms with Crippen molar-refractivity contribution in [3.63, 3.8) is 0 Å². The average molecular weight is 511 g/mol. The number of carbonyl (C=O) groups is 2. The topological polar surface area (TPSA) is 102 Å². The highest BCUT2D eigenvalue weighted by Gasteiger charge is 2.42. The summed E-state index contributed by atoms with van der Waals surface area (Å²) in [4.78, 5) is 26.8. The second-order valence-electron chi connectivity index (χ2n) is 9.83. The van der Waals surface area contributed by atoms with Gasteiger partial charge in [-0.2, -0.15) is 4.31 Å². The Labute approximate surface area is 215 Å². The van der Waals surface area contributed by atoms with Crippen LogP contribution < -0.4 is 10.6 Å². The van der Waals surface area contributed by atoms with Crippen molar-refractivity contribution in [2.24, 2.45) is 5.92 Å². The van der Waals surface area contributed by atoms with Crippen LogP contribution in [-0.2, 0) is 20.9 Å². The number of likely N-dealkylation sites (tertiary alicyclic amines) is 1. The van der Waals surface area contributed by atoms with Gasteiger partial charge in [0.05, 0.1) is 13.1 Å². The molecule has 2 aliphatic rings. The minimum atomic E-state index is -2.28. The Morgan fingerprint density at radius 3 is 2.56 bits per heavy atom. The SMILES string of the molecule is C#CC1(NC(=O)CNC(=O)CN(CC2CCN(C(C)c3cccc4ccccc34)CC2)S(=O)O)CC1. The van der Waals surface area contributed by atoms with Crippen LogP contribution in [0.4, 0.5) is 0 Å². The van der Waals surface area contributed by atoms with Crippen molar-refractivity contribution in [1.29, 1.82) is 0 Å². The largest absolute Gasteiger partial charge is 0.346 e. The average Bonchev–Trinajstić information content (AvgIpc) is 3.66. The van der Waals surface area contributed by atoms with Crippen LogP contribution in [0.3, 0.4) is 0 Å². The fourth-order valence-electron chi connectivity index (χ4n) is 4.94. The summed E-state index contributed by atoms with van der Waals surface area (Å²) >= 11 is -2.28. The first-order chi connectivity index (χ1) is 17.3. The molecule has 36 heavy (non-hydrogen) atoms. The van der Waals surface area contributed by atoms with Crippen LogP contribution in [-0.4, -0.2) is 68.0 Å². The Balaban J connectivity index is 1.25. The van der Waals surface area contributed by atoms with Gasteiger partial charge >= 0.3 is 0 Å². The first kappa shape index (κ1) is 26.3. The molecule has 9 heteroatoms. The van der Waals surface area contributed by atoms with Gasteiger partial charge in [0.2, 0.25) is 23.1 Å². The van der Waals surface area contributed by atoms with Crippen molar-refractivity contribution in [3.8, 4) is 12.3 Å². The normalized spacial score (nSPS) is 19.4. The lowest BCUT2D eigenvalue weighted by Crippen LogP contribution is -2.46. The predicted octanol–water partition coefficient (Wildman–Crippen LogP) is 2.45. The van der Waals surface area contributed by atoms with Crippen LogP contribution in [0.15, 0.2) is 42.5 Å². The quantitative estimate of drug-likeness (QED) is 0.337. The molecule has 4 rings (SSSR count). The molecule has 1 aliphatic carbocycles. The van der Waals surface area contributed by atoms with Gasteiger partial charge < -0.3 is 10.6 Å². The highest BCUT2D eigenvalue weighted by atomic mass is 32.2. The van der Waals surface area contributed by atoms with E-state index >= 15 is 0 Å². The zero-order chi connectivity index (χ0) is 25.7. The molecule has 1 aliphatic heterocycles. The number of amides is 2. The zero-order valence-electron chi connectivity index (χ0n) is 20.6. The summed E-state index contributed by atoms with van der Waals surface area (Å²) in [5.74, 6) is 1.94. The molecular weight excluding hydrogens is 476 g/mol. The van der Waals surface area contributed by atoms with E-state index in [-0.39, 0.29) is 31.0 Å². The molecule has 2 unspecified atom stereocenters. The third-order valence-electron chi connectivity index (χ3n) is 7.32. The van der Waals surface area contributed by atoms with Gasteiger partial charge in [0, 0.05) is 12.6 Å². The van der Waals surface area contributed by atoms with Crippen molar-refractivity contribution in [3.05, 3.63) is 48.0 Å². The van der Waals surface area contributed by atoms with Crippen LogP contribution in [0, 0.1) is 18.3 Å². The van der Waals surface area contributed by atoms with E-state index in [1.807, 2.05) is 0 Å². The summed E-state index contributed by atoms with van der Waals surface area (Å²) in [7, 11) is 0. The molecule has 0 radical (unpaired) electrons. The molecule has 192 valence electrons. The maximum atomic E-state index is 12.3. The molecule has 2 fully saturated rings. The van der Waals surface area contributed by atoms with Gasteiger partial charge in [-0.05, 0) is 68.0 Å². The monoisotopic (exact) mass is 510 g/mol. The lowest BCUT2D eigenvalue weighted by molar-refractivity contribution is -0.126. The minimum absolute atomic E-state index is 0.207. The smallest absolute Gasteiger partial charge is 0.240 e. The van der Waals surface area contributed by atoms with E-state index in [4.69, 9.17) is 6.42 Å². The van der Waals surface area contributed by atoms with Crippen molar-refractivity contribution in [1.82, 2.24) is 19.8 Å². The lowest BCUT2D eigenvalue weighted by Gasteiger charge is -2.37. The molecule has 8 nitrogen and oxygen atoms in total. The number of rotatable bonds is 10. The number of nitrogens with one attached hydrogen (secondary N) is 2. The number of hydrogen-bond donors (Lipinski definition) is 3. The van der Waals surface area contributed by atoms with E-state index in [1.54, 1.807) is 0 Å². The predicted molar refractivity (Wildman–Crippen MR) is 141 cm³/mol. The van der Waals surface area contributed by atoms with Gasteiger partial charge in [-0.1, -0.05) is 48.4 Å². The van der Waals surface area contributed by atoms with Crippen LogP contribution in [0.25, 0.3) is 10.8 Å². The Morgan fingerprint density at radius 1 is 1.19 bits per heavy atom. The third kappa shape index (κ3) is 6.51. The number of benzene rings is 2. The van der Waals surface area contributed by atoms with Crippen molar-refractivity contribution in [2.45, 2.75) is 44.2 Å². The van der Waals surface area contributed by atoms with E-state index < -0.39 is 22.7 Å². The molecule has 1 saturated heterocycles. The van der Waals surface area contributed by atoms with Gasteiger partial charge in [0.15, 0.2) is 0 Å². The Bertz CT molecular complexity index is 1160. The first-order valence-electron chi connectivity index (χ1n) is 12.4. The fourth-order valence-corrected chi connectivity index (χ4v) is 5.51. The summed E-state index contributed by atoms with van der Waals surface area (Å²) in [5, 5.41) is 7.75. The molecule has 1 saturated carbocycles. The summed E-state index contributed by atoms with van der Waals surface area (Å²) in [6.07, 6.45) is 8.64. The summed E-state index contributed by atoms with van der Waals surface area (Å²) in [6, 6.07) is 15.1. The van der Waals surface area contributed by atoms with Crippen LogP contribution in [0.5, 0.6) is 0 Å². The molecule has 0 spiro atoms. The van der Waals surface area contributed by atoms with E-state index in [0.29, 0.717) is 6.54 Å². The van der Waals surface area contributed by atoms with E-state index in [0.717, 1.165) is 38.8 Å². The van der Waals surface area contributed by atoms with Crippen molar-refractivity contribution in [2.75, 3.05) is 32.7 Å². The van der Waals surface area contributed by atoms with Gasteiger partial charge in [0.25, 0.3) is 0 Å². The number of piperidine rings is 1. The minimum Gasteiger partial charge on any atom is -0.346 e. The lowest BCUT2D eigenvalue weighted by atomic mass is 9.93. The highest BCUT2D eigenvalue weighted by molar-refractivity contribution is 7.76. The van der Waals surface area contributed by atoms with Gasteiger partial charge in [-0.25, -0.2) is 4.21 Å². The third-order valence-corrected chi connectivity index (χ3v) is 8.04. The van der Waals surface area contributed by atoms with Crippen LogP contribution >= 0.6 is 0 Å². The van der Waals surface area contributed by atoms with Crippen molar-refractivity contribution >= 4 is 33.9 Å². The second-order valence-corrected chi connectivity index (χ2v) is 10.8. The number of nitrogens with zero attached hydrogens (tertiary/aromatic N) is 2. The van der Waals surface area contributed by atoms with E-state index in [9.17, 15) is 18.4 Å². The Kier molecular flexibility index (Phi) is 8.42. The first-order valence-corrected chi connectivity index (χ1v) is 13.5. The Hall–Kier alpha value is -2.77. The van der Waals surface area contributed by atoms with Crippen molar-refractivity contribution < 1.29 is 18.4 Å². The highest BCUT2D eigenvalue weighted by Crippen LogP contribution is 2.34. The van der Waals surface area contributed by atoms with Gasteiger partial charge in [-0.15, -0.1) is 6.42 Å². The zero-order valence-corrected chi connectivity index (χ0v) is 21.4. The number of hydrogen-bond acceptors (Lipinski definition) is 4. The van der Waals surface area contributed by atoms with E-state index in [1.165, 1.54) is 20.6 Å². The Morgan fingerprint density at radius 2 is 1.89 bits per heavy atom. The molecule has 0 bridgehead atoms. The molecular formula is C27H34N4O4S.